The normalized spacial score (nSPS) is 12.2. The van der Waals surface area contributed by atoms with Crippen molar-refractivity contribution >= 4 is 5.91 Å². The van der Waals surface area contributed by atoms with Crippen molar-refractivity contribution in [3.05, 3.63) is 54.0 Å². The molecule has 0 fully saturated rings. The van der Waals surface area contributed by atoms with Crippen molar-refractivity contribution in [1.82, 2.24) is 5.32 Å². The molecule has 1 heterocycles. The highest BCUT2D eigenvalue weighted by Crippen LogP contribution is 2.24. The van der Waals surface area contributed by atoms with Gasteiger partial charge in [0.1, 0.15) is 11.5 Å². The van der Waals surface area contributed by atoms with Crippen molar-refractivity contribution < 1.29 is 13.9 Å². The average molecular weight is 301 g/mol. The smallest absolute Gasteiger partial charge is 0.220 e. The van der Waals surface area contributed by atoms with Crippen LogP contribution in [0.4, 0.5) is 0 Å². The topological polar surface area (TPSA) is 51.5 Å². The van der Waals surface area contributed by atoms with Crippen LogP contribution in [0.25, 0.3) is 0 Å². The Bertz CT molecular complexity index is 573. The summed E-state index contributed by atoms with van der Waals surface area (Å²) in [6.45, 7) is 4.20. The summed E-state index contributed by atoms with van der Waals surface area (Å²) in [5, 5.41) is 3.11. The lowest BCUT2D eigenvalue weighted by atomic mass is 9.95. The number of furan rings is 1. The number of nitrogens with one attached hydrogen (secondary N) is 1. The van der Waals surface area contributed by atoms with E-state index in [4.69, 9.17) is 9.15 Å². The molecular formula is C18H23NO3. The van der Waals surface area contributed by atoms with Gasteiger partial charge in [-0.3, -0.25) is 4.79 Å². The summed E-state index contributed by atoms with van der Waals surface area (Å²) in [7, 11) is 1.64. The number of aryl methyl sites for hydroxylation is 1. The molecule has 1 N–H and O–H groups in total. The number of amides is 1. The molecule has 1 aromatic carbocycles. The van der Waals surface area contributed by atoms with Crippen molar-refractivity contribution in [2.24, 2.45) is 5.92 Å². The van der Waals surface area contributed by atoms with Gasteiger partial charge >= 0.3 is 0 Å². The van der Waals surface area contributed by atoms with Gasteiger partial charge in [-0.05, 0) is 35.7 Å². The van der Waals surface area contributed by atoms with Crippen LogP contribution in [-0.2, 0) is 11.2 Å². The highest BCUT2D eigenvalue weighted by Gasteiger charge is 2.18. The van der Waals surface area contributed by atoms with Crippen LogP contribution in [0.3, 0.4) is 0 Å². The van der Waals surface area contributed by atoms with Gasteiger partial charge in [0.25, 0.3) is 0 Å². The van der Waals surface area contributed by atoms with Gasteiger partial charge in [-0.1, -0.05) is 26.0 Å². The summed E-state index contributed by atoms with van der Waals surface area (Å²) in [5.74, 6) is 1.99. The Hall–Kier alpha value is -2.23. The van der Waals surface area contributed by atoms with E-state index in [-0.39, 0.29) is 11.9 Å². The van der Waals surface area contributed by atoms with E-state index >= 15 is 0 Å². The monoisotopic (exact) mass is 301 g/mol. The van der Waals surface area contributed by atoms with Gasteiger partial charge in [0.2, 0.25) is 5.91 Å². The lowest BCUT2D eigenvalue weighted by Crippen LogP contribution is -2.31. The van der Waals surface area contributed by atoms with Crippen LogP contribution in [0.5, 0.6) is 5.75 Å². The molecule has 4 nitrogen and oxygen atoms in total. The molecule has 0 spiro atoms. The van der Waals surface area contributed by atoms with Crippen molar-refractivity contribution in [2.45, 2.75) is 32.7 Å². The number of hydrogen-bond donors (Lipinski definition) is 1. The van der Waals surface area contributed by atoms with E-state index in [2.05, 4.69) is 19.2 Å². The molecule has 1 amide bonds. The molecule has 2 aromatic rings. The van der Waals surface area contributed by atoms with Gasteiger partial charge in [0.15, 0.2) is 0 Å². The van der Waals surface area contributed by atoms with Crippen LogP contribution in [0.1, 0.15) is 37.6 Å². The maximum atomic E-state index is 12.2. The number of rotatable bonds is 7. The zero-order chi connectivity index (χ0) is 15.9. The summed E-state index contributed by atoms with van der Waals surface area (Å²) < 4.78 is 10.4. The van der Waals surface area contributed by atoms with Crippen LogP contribution in [0, 0.1) is 5.92 Å². The van der Waals surface area contributed by atoms with Gasteiger partial charge in [0, 0.05) is 12.8 Å². The quantitative estimate of drug-likeness (QED) is 0.847. The SMILES string of the molecule is COc1ccc(C(NC(=O)CCc2ccco2)C(C)C)cc1. The maximum absolute atomic E-state index is 12.2. The minimum absolute atomic E-state index is 0.00462. The molecule has 1 atom stereocenters. The molecule has 0 aliphatic carbocycles. The molecule has 1 aromatic heterocycles. The minimum Gasteiger partial charge on any atom is -0.497 e. The first-order chi connectivity index (χ1) is 10.6. The Balaban J connectivity index is 1.96. The molecule has 0 radical (unpaired) electrons. The van der Waals surface area contributed by atoms with Crippen molar-refractivity contribution in [2.75, 3.05) is 7.11 Å². The molecule has 22 heavy (non-hydrogen) atoms. The fourth-order valence-electron chi connectivity index (χ4n) is 2.38. The molecular weight excluding hydrogens is 278 g/mol. The molecule has 0 bridgehead atoms. The molecule has 0 saturated carbocycles. The fourth-order valence-corrected chi connectivity index (χ4v) is 2.38. The van der Waals surface area contributed by atoms with E-state index in [0.717, 1.165) is 17.1 Å². The van der Waals surface area contributed by atoms with Crippen LogP contribution in [0.15, 0.2) is 47.1 Å². The highest BCUT2D eigenvalue weighted by atomic mass is 16.5. The predicted molar refractivity (Wildman–Crippen MR) is 85.7 cm³/mol. The van der Waals surface area contributed by atoms with E-state index in [0.29, 0.717) is 18.8 Å². The molecule has 0 aliphatic heterocycles. The molecule has 0 aliphatic rings. The first-order valence-electron chi connectivity index (χ1n) is 7.56. The average Bonchev–Trinajstić information content (AvgIpc) is 3.04. The van der Waals surface area contributed by atoms with Crippen LogP contribution in [0.2, 0.25) is 0 Å². The standard InChI is InChI=1S/C18H23NO3/c1-13(2)18(14-6-8-15(21-3)9-7-14)19-17(20)11-10-16-5-4-12-22-16/h4-9,12-13,18H,10-11H2,1-3H3,(H,19,20). The predicted octanol–water partition coefficient (Wildman–Crippen LogP) is 3.73. The fraction of sp³-hybridized carbons (Fsp3) is 0.389. The van der Waals surface area contributed by atoms with Crippen LogP contribution in [-0.4, -0.2) is 13.0 Å². The van der Waals surface area contributed by atoms with Crippen molar-refractivity contribution in [3.8, 4) is 5.75 Å². The van der Waals surface area contributed by atoms with E-state index in [1.807, 2.05) is 36.4 Å². The second-order valence-corrected chi connectivity index (χ2v) is 5.64. The number of carbonyl (C=O) groups is 1. The van der Waals surface area contributed by atoms with E-state index in [1.165, 1.54) is 0 Å². The third kappa shape index (κ3) is 4.38. The number of methoxy groups -OCH3 is 1. The largest absolute Gasteiger partial charge is 0.497 e. The van der Waals surface area contributed by atoms with E-state index < -0.39 is 0 Å². The lowest BCUT2D eigenvalue weighted by molar-refractivity contribution is -0.122. The molecule has 0 saturated heterocycles. The van der Waals surface area contributed by atoms with Gasteiger partial charge in [0.05, 0.1) is 19.4 Å². The Morgan fingerprint density at radius 3 is 2.50 bits per heavy atom. The number of ether oxygens (including phenoxy) is 1. The zero-order valence-corrected chi connectivity index (χ0v) is 13.3. The van der Waals surface area contributed by atoms with Crippen molar-refractivity contribution in [1.29, 1.82) is 0 Å². The summed E-state index contributed by atoms with van der Waals surface area (Å²) in [4.78, 5) is 12.2. The summed E-state index contributed by atoms with van der Waals surface area (Å²) in [6.07, 6.45) is 2.67. The van der Waals surface area contributed by atoms with Gasteiger partial charge in [-0.2, -0.15) is 0 Å². The molecule has 2 rings (SSSR count). The first kappa shape index (κ1) is 16.1. The number of carbonyl (C=O) groups excluding carboxylic acids is 1. The van der Waals surface area contributed by atoms with Gasteiger partial charge in [-0.25, -0.2) is 0 Å². The first-order valence-corrected chi connectivity index (χ1v) is 7.56. The number of benzene rings is 1. The summed E-state index contributed by atoms with van der Waals surface area (Å²) >= 11 is 0. The van der Waals surface area contributed by atoms with Gasteiger partial charge < -0.3 is 14.5 Å². The second-order valence-electron chi connectivity index (χ2n) is 5.64. The third-order valence-corrected chi connectivity index (χ3v) is 3.64. The number of hydrogen-bond acceptors (Lipinski definition) is 3. The van der Waals surface area contributed by atoms with E-state index in [1.54, 1.807) is 13.4 Å². The summed E-state index contributed by atoms with van der Waals surface area (Å²) in [5.41, 5.74) is 1.09. The minimum atomic E-state index is -0.00462. The Morgan fingerprint density at radius 1 is 1.23 bits per heavy atom. The molecule has 1 unspecified atom stereocenters. The van der Waals surface area contributed by atoms with Gasteiger partial charge in [-0.15, -0.1) is 0 Å². The maximum Gasteiger partial charge on any atom is 0.220 e. The van der Waals surface area contributed by atoms with Crippen molar-refractivity contribution in [3.63, 3.8) is 0 Å². The summed E-state index contributed by atoms with van der Waals surface area (Å²) in [6, 6.07) is 11.5. The molecule has 118 valence electrons. The van der Waals surface area contributed by atoms with E-state index in [9.17, 15) is 4.79 Å². The zero-order valence-electron chi connectivity index (χ0n) is 13.3. The van der Waals surface area contributed by atoms with Crippen LogP contribution >= 0.6 is 0 Å². The lowest BCUT2D eigenvalue weighted by Gasteiger charge is -2.23. The third-order valence-electron chi connectivity index (χ3n) is 3.64. The highest BCUT2D eigenvalue weighted by molar-refractivity contribution is 5.76. The Kier molecular flexibility index (Phi) is 5.64. The molecule has 4 heteroatoms. The van der Waals surface area contributed by atoms with Crippen LogP contribution < -0.4 is 10.1 Å². The Morgan fingerprint density at radius 2 is 1.95 bits per heavy atom. The second kappa shape index (κ2) is 7.69. The Labute approximate surface area is 131 Å².